The van der Waals surface area contributed by atoms with Gasteiger partial charge in [-0.15, -0.1) is 11.6 Å². The lowest BCUT2D eigenvalue weighted by Gasteiger charge is -2.46. The lowest BCUT2D eigenvalue weighted by Crippen LogP contribution is -2.65. The predicted octanol–water partition coefficient (Wildman–Crippen LogP) is 2.26. The minimum atomic E-state index is -0.396. The summed E-state index contributed by atoms with van der Waals surface area (Å²) in [4.78, 5) is 13.3. The molecule has 98 valence electrons. The number of carbonyl (C=O) groups excluding carboxylic acids is 1. The van der Waals surface area contributed by atoms with Crippen LogP contribution in [0.25, 0.3) is 0 Å². The number of alkyl halides is 1. The van der Waals surface area contributed by atoms with E-state index in [1.54, 1.807) is 12.0 Å². The van der Waals surface area contributed by atoms with Crippen LogP contribution in [0.2, 0.25) is 0 Å². The van der Waals surface area contributed by atoms with Crippen molar-refractivity contribution in [2.45, 2.75) is 12.2 Å². The predicted molar refractivity (Wildman–Crippen MR) is 68.7 cm³/mol. The Morgan fingerprint density at radius 3 is 2.61 bits per heavy atom. The van der Waals surface area contributed by atoms with Crippen LogP contribution < -0.4 is 0 Å². The van der Waals surface area contributed by atoms with Gasteiger partial charge in [-0.2, -0.15) is 0 Å². The van der Waals surface area contributed by atoms with Gasteiger partial charge >= 0.3 is 6.09 Å². The number of hydrogen-bond donors (Lipinski definition) is 0. The van der Waals surface area contributed by atoms with E-state index in [4.69, 9.17) is 21.1 Å². The van der Waals surface area contributed by atoms with Gasteiger partial charge in [-0.25, -0.2) is 4.79 Å². The smallest absolute Gasteiger partial charge is 0.410 e. The fourth-order valence-electron chi connectivity index (χ4n) is 1.86. The summed E-state index contributed by atoms with van der Waals surface area (Å²) in [6.45, 7) is 1.26. The first-order valence-electron chi connectivity index (χ1n) is 5.76. The second-order valence-electron chi connectivity index (χ2n) is 4.42. The third kappa shape index (κ3) is 2.76. The SMILES string of the molecule is COC1(CCl)CN(C(=O)OCc2ccccc2)C1. The first kappa shape index (κ1) is 13.2. The van der Waals surface area contributed by atoms with Crippen molar-refractivity contribution in [2.75, 3.05) is 26.1 Å². The van der Waals surface area contributed by atoms with Crippen LogP contribution >= 0.6 is 11.6 Å². The number of methoxy groups -OCH3 is 1. The molecule has 0 aliphatic carbocycles. The number of carbonyl (C=O) groups is 1. The summed E-state index contributed by atoms with van der Waals surface area (Å²) in [7, 11) is 1.61. The molecule has 0 saturated carbocycles. The number of amides is 1. The van der Waals surface area contributed by atoms with Gasteiger partial charge < -0.3 is 14.4 Å². The van der Waals surface area contributed by atoms with Gasteiger partial charge in [-0.05, 0) is 5.56 Å². The highest BCUT2D eigenvalue weighted by Crippen LogP contribution is 2.26. The molecule has 1 aliphatic rings. The molecule has 5 heteroatoms. The molecule has 0 bridgehead atoms. The zero-order valence-corrected chi connectivity index (χ0v) is 11.0. The van der Waals surface area contributed by atoms with E-state index in [2.05, 4.69) is 0 Å². The van der Waals surface area contributed by atoms with Crippen molar-refractivity contribution in [3.8, 4) is 0 Å². The maximum Gasteiger partial charge on any atom is 0.410 e. The standard InChI is InChI=1S/C13H16ClNO3/c1-17-13(8-14)9-15(10-13)12(16)18-7-11-5-3-2-4-6-11/h2-6H,7-10H2,1H3. The quantitative estimate of drug-likeness (QED) is 0.787. The van der Waals surface area contributed by atoms with Crippen molar-refractivity contribution in [3.05, 3.63) is 35.9 Å². The number of benzene rings is 1. The van der Waals surface area contributed by atoms with Crippen LogP contribution in [0.1, 0.15) is 5.56 Å². The molecule has 1 heterocycles. The van der Waals surface area contributed by atoms with Crippen molar-refractivity contribution in [1.29, 1.82) is 0 Å². The van der Waals surface area contributed by atoms with Crippen LogP contribution in [0, 0.1) is 0 Å². The third-order valence-electron chi connectivity index (χ3n) is 3.10. The number of rotatable bonds is 4. The maximum absolute atomic E-state index is 11.7. The van der Waals surface area contributed by atoms with Gasteiger partial charge in [-0.1, -0.05) is 30.3 Å². The summed E-state index contributed by atoms with van der Waals surface area (Å²) in [5.74, 6) is 0.381. The molecular formula is C13H16ClNO3. The van der Waals surface area contributed by atoms with Gasteiger partial charge in [0, 0.05) is 7.11 Å². The molecule has 0 N–H and O–H groups in total. The second-order valence-corrected chi connectivity index (χ2v) is 4.68. The van der Waals surface area contributed by atoms with Gasteiger partial charge in [0.15, 0.2) is 0 Å². The normalized spacial score (nSPS) is 17.1. The molecule has 2 rings (SSSR count). The molecule has 0 spiro atoms. The third-order valence-corrected chi connectivity index (χ3v) is 3.58. The Labute approximate surface area is 111 Å². The topological polar surface area (TPSA) is 38.8 Å². The largest absolute Gasteiger partial charge is 0.445 e. The zero-order chi connectivity index (χ0) is 13.0. The van der Waals surface area contributed by atoms with E-state index in [0.29, 0.717) is 19.0 Å². The molecule has 1 aromatic rings. The Balaban J connectivity index is 1.78. The van der Waals surface area contributed by atoms with Crippen molar-refractivity contribution in [3.63, 3.8) is 0 Å². The van der Waals surface area contributed by atoms with Gasteiger partial charge in [0.2, 0.25) is 0 Å². The molecule has 0 aromatic heterocycles. The van der Waals surface area contributed by atoms with E-state index in [9.17, 15) is 4.79 Å². The summed E-state index contributed by atoms with van der Waals surface area (Å²) in [5.41, 5.74) is 0.578. The first-order chi connectivity index (χ1) is 8.69. The fourth-order valence-corrected chi connectivity index (χ4v) is 2.14. The highest BCUT2D eigenvalue weighted by atomic mass is 35.5. The Kier molecular flexibility index (Phi) is 4.09. The van der Waals surface area contributed by atoms with Crippen LogP contribution in [-0.4, -0.2) is 42.7 Å². The first-order valence-corrected chi connectivity index (χ1v) is 6.29. The van der Waals surface area contributed by atoms with E-state index in [0.717, 1.165) is 5.56 Å². The second kappa shape index (κ2) is 5.59. The van der Waals surface area contributed by atoms with Crippen LogP contribution in [0.4, 0.5) is 4.79 Å². The summed E-state index contributed by atoms with van der Waals surface area (Å²) in [5, 5.41) is 0. The summed E-state index contributed by atoms with van der Waals surface area (Å²) in [6, 6.07) is 9.59. The average molecular weight is 270 g/mol. The lowest BCUT2D eigenvalue weighted by atomic mass is 9.97. The summed E-state index contributed by atoms with van der Waals surface area (Å²) in [6.07, 6.45) is -0.323. The van der Waals surface area contributed by atoms with Crippen molar-refractivity contribution in [1.82, 2.24) is 4.90 Å². The van der Waals surface area contributed by atoms with E-state index in [-0.39, 0.29) is 12.7 Å². The van der Waals surface area contributed by atoms with Gasteiger partial charge in [0.25, 0.3) is 0 Å². The molecule has 0 unspecified atom stereocenters. The molecule has 1 amide bonds. The van der Waals surface area contributed by atoms with Crippen molar-refractivity contribution < 1.29 is 14.3 Å². The van der Waals surface area contributed by atoms with E-state index >= 15 is 0 Å². The highest BCUT2D eigenvalue weighted by molar-refractivity contribution is 6.18. The van der Waals surface area contributed by atoms with Crippen LogP contribution in [-0.2, 0) is 16.1 Å². The number of halogens is 1. The average Bonchev–Trinajstić information content (AvgIpc) is 2.37. The van der Waals surface area contributed by atoms with Crippen LogP contribution in [0.3, 0.4) is 0 Å². The Hall–Kier alpha value is -1.26. The summed E-state index contributed by atoms with van der Waals surface area (Å²) < 4.78 is 10.5. The van der Waals surface area contributed by atoms with Gasteiger partial charge in [0.05, 0.1) is 19.0 Å². The molecule has 18 heavy (non-hydrogen) atoms. The molecule has 0 radical (unpaired) electrons. The monoisotopic (exact) mass is 269 g/mol. The lowest BCUT2D eigenvalue weighted by molar-refractivity contribution is -0.0996. The number of likely N-dealkylation sites (tertiary alicyclic amines) is 1. The van der Waals surface area contributed by atoms with Crippen LogP contribution in [0.5, 0.6) is 0 Å². The minimum absolute atomic E-state index is 0.289. The van der Waals surface area contributed by atoms with Crippen molar-refractivity contribution >= 4 is 17.7 Å². The molecule has 0 atom stereocenters. The van der Waals surface area contributed by atoms with E-state index < -0.39 is 5.60 Å². The molecular weight excluding hydrogens is 254 g/mol. The summed E-state index contributed by atoms with van der Waals surface area (Å²) >= 11 is 5.80. The van der Waals surface area contributed by atoms with Crippen LogP contribution in [0.15, 0.2) is 30.3 Å². The highest BCUT2D eigenvalue weighted by Gasteiger charge is 2.45. The minimum Gasteiger partial charge on any atom is -0.445 e. The maximum atomic E-state index is 11.7. The van der Waals surface area contributed by atoms with E-state index in [1.807, 2.05) is 30.3 Å². The number of ether oxygens (including phenoxy) is 2. The number of nitrogens with zero attached hydrogens (tertiary/aromatic N) is 1. The zero-order valence-electron chi connectivity index (χ0n) is 10.3. The fraction of sp³-hybridized carbons (Fsp3) is 0.462. The van der Waals surface area contributed by atoms with E-state index in [1.165, 1.54) is 0 Å². The molecule has 4 nitrogen and oxygen atoms in total. The molecule has 1 aliphatic heterocycles. The van der Waals surface area contributed by atoms with Crippen molar-refractivity contribution in [2.24, 2.45) is 0 Å². The van der Waals surface area contributed by atoms with Gasteiger partial charge in [0.1, 0.15) is 12.2 Å². The Morgan fingerprint density at radius 2 is 2.06 bits per heavy atom. The molecule has 1 fully saturated rings. The van der Waals surface area contributed by atoms with Gasteiger partial charge in [-0.3, -0.25) is 0 Å². The Morgan fingerprint density at radius 1 is 1.39 bits per heavy atom. The number of hydrogen-bond acceptors (Lipinski definition) is 3. The Bertz CT molecular complexity index is 398. The molecule has 1 aromatic carbocycles. The molecule has 1 saturated heterocycles.